The second-order valence-corrected chi connectivity index (χ2v) is 20.6. The predicted molar refractivity (Wildman–Crippen MR) is 303 cm³/mol. The van der Waals surface area contributed by atoms with Crippen LogP contribution in [0, 0.1) is 0 Å². The first-order valence-electron chi connectivity index (χ1n) is 30.3. The molecule has 0 aromatic carbocycles. The topological polar surface area (TPSA) is 175 Å². The van der Waals surface area contributed by atoms with Crippen molar-refractivity contribution in [1.29, 1.82) is 0 Å². The quantitative estimate of drug-likeness (QED) is 0.0228. The molecule has 1 heterocycles. The number of aliphatic hydroxyl groups is 2. The molecule has 0 aromatic heterocycles. The standard InChI is InChI=1S/C63H108O12/c1-4-7-10-13-16-19-22-25-26-27-28-29-30-33-34-37-40-43-46-49-55(64)71-52-54(73-56(65)50-47-44-41-38-35-31-23-20-17-14-11-8-5-2)53-72-63-61(59(68)58(67)60(75-63)62(69)70)74-57(66)51-48-45-42-39-36-32-24-21-18-15-12-9-6-3/h11-12,14-15,20-21,23-26,54,58-61,63,67-68H,4-10,13,16-19,22,27-53H2,1-3H3,(H,69,70)/b14-11-,15-12-,23-20-,24-21-,26-25-. The van der Waals surface area contributed by atoms with Crippen LogP contribution in [0.4, 0.5) is 0 Å². The first kappa shape index (κ1) is 69.4. The SMILES string of the molecule is CCC/C=C\C/C=C\CCCCCCCC(=O)OC(COC(=O)CCCCCCCCCCC/C=C\CCCCCCCC)COC1OC(C(=O)O)C(O)C(O)C1OC(=O)CCCCCCC/C=C\C/C=C\CCC. The molecule has 3 N–H and O–H groups in total. The summed E-state index contributed by atoms with van der Waals surface area (Å²) in [6.07, 6.45) is 50.5. The van der Waals surface area contributed by atoms with Gasteiger partial charge < -0.3 is 39.0 Å². The van der Waals surface area contributed by atoms with Gasteiger partial charge in [-0.15, -0.1) is 0 Å². The summed E-state index contributed by atoms with van der Waals surface area (Å²) in [4.78, 5) is 51.1. The summed E-state index contributed by atoms with van der Waals surface area (Å²) < 4.78 is 28.4. The van der Waals surface area contributed by atoms with Gasteiger partial charge in [-0.1, -0.05) is 210 Å². The molecule has 0 aliphatic carbocycles. The van der Waals surface area contributed by atoms with Crippen LogP contribution in [0.2, 0.25) is 0 Å². The van der Waals surface area contributed by atoms with E-state index in [2.05, 4.69) is 81.5 Å². The number of unbranched alkanes of at least 4 members (excludes halogenated alkanes) is 27. The Labute approximate surface area is 456 Å². The zero-order valence-electron chi connectivity index (χ0n) is 47.5. The summed E-state index contributed by atoms with van der Waals surface area (Å²) in [6.45, 7) is 5.85. The number of carbonyl (C=O) groups is 4. The van der Waals surface area contributed by atoms with Crippen LogP contribution in [0.25, 0.3) is 0 Å². The molecular formula is C63H108O12. The first-order valence-corrected chi connectivity index (χ1v) is 30.3. The molecule has 12 heteroatoms. The van der Waals surface area contributed by atoms with Gasteiger partial charge in [0, 0.05) is 19.3 Å². The Morgan fingerprint density at radius 1 is 0.440 bits per heavy atom. The number of allylic oxidation sites excluding steroid dienone is 10. The molecule has 0 spiro atoms. The van der Waals surface area contributed by atoms with E-state index in [1.54, 1.807) is 0 Å². The van der Waals surface area contributed by atoms with Crippen LogP contribution in [0.3, 0.4) is 0 Å². The fourth-order valence-corrected chi connectivity index (χ4v) is 8.85. The Balaban J connectivity index is 2.67. The number of hydrogen-bond acceptors (Lipinski definition) is 11. The normalized spacial score (nSPS) is 18.5. The van der Waals surface area contributed by atoms with Crippen molar-refractivity contribution in [3.63, 3.8) is 0 Å². The summed E-state index contributed by atoms with van der Waals surface area (Å²) >= 11 is 0. The fourth-order valence-electron chi connectivity index (χ4n) is 8.85. The number of aliphatic carboxylic acids is 1. The van der Waals surface area contributed by atoms with E-state index in [4.69, 9.17) is 23.7 Å². The van der Waals surface area contributed by atoms with Gasteiger partial charge in [0.05, 0.1) is 6.61 Å². The average Bonchev–Trinajstić information content (AvgIpc) is 3.39. The lowest BCUT2D eigenvalue weighted by Gasteiger charge is -2.40. The lowest BCUT2D eigenvalue weighted by atomic mass is 9.98. The summed E-state index contributed by atoms with van der Waals surface area (Å²) in [5.74, 6) is -3.15. The lowest BCUT2D eigenvalue weighted by Crippen LogP contribution is -2.61. The Kier molecular flexibility index (Phi) is 47.4. The zero-order chi connectivity index (χ0) is 54.7. The van der Waals surface area contributed by atoms with E-state index in [1.165, 1.54) is 83.5 Å². The molecule has 12 nitrogen and oxygen atoms in total. The van der Waals surface area contributed by atoms with Gasteiger partial charge in [-0.2, -0.15) is 0 Å². The zero-order valence-corrected chi connectivity index (χ0v) is 47.5. The molecule has 1 aliphatic rings. The molecule has 1 aliphatic heterocycles. The number of carbonyl (C=O) groups excluding carboxylic acids is 3. The number of hydrogen-bond donors (Lipinski definition) is 3. The van der Waals surface area contributed by atoms with Crippen LogP contribution >= 0.6 is 0 Å². The van der Waals surface area contributed by atoms with Crippen molar-refractivity contribution in [2.75, 3.05) is 13.2 Å². The van der Waals surface area contributed by atoms with E-state index >= 15 is 0 Å². The van der Waals surface area contributed by atoms with Crippen molar-refractivity contribution in [3.8, 4) is 0 Å². The van der Waals surface area contributed by atoms with Crippen molar-refractivity contribution in [1.82, 2.24) is 0 Å². The molecule has 1 rings (SSSR count). The molecule has 0 radical (unpaired) electrons. The maximum Gasteiger partial charge on any atom is 0.335 e. The van der Waals surface area contributed by atoms with Crippen molar-refractivity contribution in [2.24, 2.45) is 0 Å². The second kappa shape index (κ2) is 51.2. The summed E-state index contributed by atoms with van der Waals surface area (Å²) in [5.41, 5.74) is 0. The molecule has 0 aromatic rings. The van der Waals surface area contributed by atoms with Crippen LogP contribution in [0.5, 0.6) is 0 Å². The largest absolute Gasteiger partial charge is 0.479 e. The maximum absolute atomic E-state index is 13.1. The number of aliphatic hydroxyl groups excluding tert-OH is 2. The molecule has 75 heavy (non-hydrogen) atoms. The van der Waals surface area contributed by atoms with E-state index in [0.717, 1.165) is 122 Å². The molecule has 6 atom stereocenters. The van der Waals surface area contributed by atoms with Crippen molar-refractivity contribution in [2.45, 2.75) is 302 Å². The molecule has 0 saturated carbocycles. The average molecular weight is 1060 g/mol. The van der Waals surface area contributed by atoms with E-state index in [0.29, 0.717) is 19.3 Å². The second-order valence-electron chi connectivity index (χ2n) is 20.6. The van der Waals surface area contributed by atoms with Gasteiger partial charge >= 0.3 is 23.9 Å². The van der Waals surface area contributed by atoms with E-state index in [1.807, 2.05) is 0 Å². The fraction of sp³-hybridized carbons (Fsp3) is 0.778. The highest BCUT2D eigenvalue weighted by Gasteiger charge is 2.50. The van der Waals surface area contributed by atoms with Crippen molar-refractivity contribution >= 4 is 23.9 Å². The van der Waals surface area contributed by atoms with Crippen molar-refractivity contribution < 1.29 is 58.2 Å². The third-order valence-electron chi connectivity index (χ3n) is 13.5. The van der Waals surface area contributed by atoms with Crippen LogP contribution in [0.1, 0.15) is 265 Å². The van der Waals surface area contributed by atoms with Gasteiger partial charge in [-0.05, 0) is 96.3 Å². The highest BCUT2D eigenvalue weighted by atomic mass is 16.7. The van der Waals surface area contributed by atoms with E-state index < -0.39 is 67.3 Å². The van der Waals surface area contributed by atoms with Gasteiger partial charge in [0.15, 0.2) is 24.6 Å². The number of esters is 3. The van der Waals surface area contributed by atoms with E-state index in [9.17, 15) is 34.5 Å². The highest BCUT2D eigenvalue weighted by molar-refractivity contribution is 5.74. The predicted octanol–water partition coefficient (Wildman–Crippen LogP) is 15.6. The monoisotopic (exact) mass is 1060 g/mol. The Morgan fingerprint density at radius 2 is 0.827 bits per heavy atom. The van der Waals surface area contributed by atoms with Crippen molar-refractivity contribution in [3.05, 3.63) is 60.8 Å². The number of rotatable bonds is 51. The molecule has 1 saturated heterocycles. The van der Waals surface area contributed by atoms with Gasteiger partial charge in [0.25, 0.3) is 0 Å². The number of carboxylic acid groups (broad SMARTS) is 1. The minimum atomic E-state index is -1.91. The molecule has 432 valence electrons. The van der Waals surface area contributed by atoms with Gasteiger partial charge in [0.2, 0.25) is 0 Å². The van der Waals surface area contributed by atoms with Crippen LogP contribution in [-0.4, -0.2) is 89.2 Å². The smallest absolute Gasteiger partial charge is 0.335 e. The van der Waals surface area contributed by atoms with E-state index in [-0.39, 0.29) is 25.9 Å². The molecule has 0 bridgehead atoms. The maximum atomic E-state index is 13.1. The Hall–Kier alpha value is -3.58. The lowest BCUT2D eigenvalue weighted by molar-refractivity contribution is -0.301. The number of carboxylic acids is 1. The Bertz CT molecular complexity index is 1540. The minimum absolute atomic E-state index is 0.0420. The molecule has 6 unspecified atom stereocenters. The van der Waals surface area contributed by atoms with Crippen LogP contribution in [0.15, 0.2) is 60.8 Å². The molecular weight excluding hydrogens is 949 g/mol. The first-order chi connectivity index (χ1) is 36.6. The van der Waals surface area contributed by atoms with Gasteiger partial charge in [-0.25, -0.2) is 4.79 Å². The summed E-state index contributed by atoms with van der Waals surface area (Å²) in [5, 5.41) is 31.5. The number of ether oxygens (including phenoxy) is 5. The third-order valence-corrected chi connectivity index (χ3v) is 13.5. The summed E-state index contributed by atoms with van der Waals surface area (Å²) in [7, 11) is 0. The summed E-state index contributed by atoms with van der Waals surface area (Å²) in [6, 6.07) is 0. The molecule has 0 amide bonds. The van der Waals surface area contributed by atoms with Crippen LogP contribution < -0.4 is 0 Å². The third kappa shape index (κ3) is 41.2. The van der Waals surface area contributed by atoms with Gasteiger partial charge in [0.1, 0.15) is 18.8 Å². The molecule has 1 fully saturated rings. The Morgan fingerprint density at radius 3 is 1.27 bits per heavy atom. The van der Waals surface area contributed by atoms with Gasteiger partial charge in [-0.3, -0.25) is 14.4 Å². The minimum Gasteiger partial charge on any atom is -0.479 e. The van der Waals surface area contributed by atoms with Crippen LogP contribution in [-0.2, 0) is 42.9 Å². The highest BCUT2D eigenvalue weighted by Crippen LogP contribution is 2.26.